The van der Waals surface area contributed by atoms with E-state index in [1.165, 1.54) is 6.08 Å². The van der Waals surface area contributed by atoms with Crippen LogP contribution in [0.2, 0.25) is 0 Å². The number of carbonyl (C=O) groups is 2. The third kappa shape index (κ3) is 14.3. The van der Waals surface area contributed by atoms with E-state index in [0.717, 1.165) is 19.1 Å². The molecule has 0 amide bonds. The highest BCUT2D eigenvalue weighted by Crippen LogP contribution is 2.21. The van der Waals surface area contributed by atoms with Crippen LogP contribution >= 0.6 is 0 Å². The summed E-state index contributed by atoms with van der Waals surface area (Å²) in [7, 11) is 0. The van der Waals surface area contributed by atoms with Crippen molar-refractivity contribution in [2.75, 3.05) is 0 Å². The molecule has 1 aliphatic rings. The molecule has 1 aliphatic carbocycles. The second-order valence-electron chi connectivity index (χ2n) is 3.51. The van der Waals surface area contributed by atoms with E-state index in [2.05, 4.69) is 38.8 Å². The van der Waals surface area contributed by atoms with Crippen LogP contribution in [-0.4, -0.2) is 18.0 Å². The first kappa shape index (κ1) is 21.5. The molecule has 0 heterocycles. The number of hydrogen-bond donors (Lipinski definition) is 0. The number of aldehydes is 2. The molecule has 0 saturated heterocycles. The van der Waals surface area contributed by atoms with Crippen LogP contribution in [0.4, 0.5) is 0 Å². The summed E-state index contributed by atoms with van der Waals surface area (Å²) >= 11 is 0. The Morgan fingerprint density at radius 3 is 1.83 bits per heavy atom. The monoisotopic (exact) mass is 252 g/mol. The van der Waals surface area contributed by atoms with Gasteiger partial charge in [0.25, 0.3) is 0 Å². The van der Waals surface area contributed by atoms with E-state index in [-0.39, 0.29) is 11.4 Å². The summed E-state index contributed by atoms with van der Waals surface area (Å²) in [6.45, 7) is 11.9. The molecule has 0 aromatic carbocycles. The van der Waals surface area contributed by atoms with E-state index in [0.29, 0.717) is 12.2 Å². The lowest BCUT2D eigenvalue weighted by molar-refractivity contribution is -0.112. The first-order valence-corrected chi connectivity index (χ1v) is 5.59. The Bertz CT molecular complexity index is 243. The number of carbonyl (C=O) groups excluding carboxylic acids is 2. The zero-order valence-electron chi connectivity index (χ0n) is 11.0. The van der Waals surface area contributed by atoms with Crippen molar-refractivity contribution < 1.29 is 15.1 Å². The van der Waals surface area contributed by atoms with Crippen molar-refractivity contribution in [3.05, 3.63) is 50.1 Å². The van der Waals surface area contributed by atoms with Gasteiger partial charge in [0.1, 0.15) is 12.6 Å². The van der Waals surface area contributed by atoms with Gasteiger partial charge in [-0.25, -0.2) is 0 Å². The fourth-order valence-electron chi connectivity index (χ4n) is 1.20. The highest BCUT2D eigenvalue weighted by atomic mass is 16.1. The molecule has 0 spiro atoms. The standard InChI is InChI=1S/C8H12O.C4H6.C3H4O.H2O/c1-7-4-2-3-5-8(7)6-9;1-3-4-2;1-2-3-4;/h2,4,6-8H,3,5H2,1H3;3-4H,1-2H2;2-3H,1H2;1H2/t7?,8-;;;/m0.../s1. The van der Waals surface area contributed by atoms with Crippen LogP contribution in [0.3, 0.4) is 0 Å². The average Bonchev–Trinajstić information content (AvgIpc) is 2.40. The van der Waals surface area contributed by atoms with Crippen molar-refractivity contribution in [1.29, 1.82) is 0 Å². The van der Waals surface area contributed by atoms with Crippen LogP contribution in [0.5, 0.6) is 0 Å². The molecule has 1 unspecified atom stereocenters. The maximum Gasteiger partial charge on any atom is 0.142 e. The Labute approximate surface area is 110 Å². The van der Waals surface area contributed by atoms with Crippen molar-refractivity contribution in [3.63, 3.8) is 0 Å². The normalized spacial score (nSPS) is 19.4. The smallest absolute Gasteiger partial charge is 0.142 e. The van der Waals surface area contributed by atoms with Gasteiger partial charge < -0.3 is 10.3 Å². The summed E-state index contributed by atoms with van der Waals surface area (Å²) in [6, 6.07) is 0. The van der Waals surface area contributed by atoms with Crippen molar-refractivity contribution in [2.24, 2.45) is 11.8 Å². The maximum atomic E-state index is 10.3. The molecule has 0 aromatic heterocycles. The van der Waals surface area contributed by atoms with Gasteiger partial charge in [0.2, 0.25) is 0 Å². The van der Waals surface area contributed by atoms with Crippen LogP contribution in [-0.2, 0) is 9.59 Å². The lowest BCUT2D eigenvalue weighted by Gasteiger charge is -2.17. The Kier molecular flexibility index (Phi) is 21.1. The SMILES string of the molecule is C=CC=C.C=CC=O.CC1C=CCC[C@H]1C=O.O. The van der Waals surface area contributed by atoms with Gasteiger partial charge in [0.15, 0.2) is 0 Å². The van der Waals surface area contributed by atoms with Gasteiger partial charge in [-0.3, -0.25) is 4.79 Å². The van der Waals surface area contributed by atoms with Gasteiger partial charge >= 0.3 is 0 Å². The predicted octanol–water partition coefficient (Wildman–Crippen LogP) is 2.69. The Morgan fingerprint density at radius 1 is 1.11 bits per heavy atom. The summed E-state index contributed by atoms with van der Waals surface area (Å²) in [5.74, 6) is 0.756. The van der Waals surface area contributed by atoms with Crippen molar-refractivity contribution in [2.45, 2.75) is 19.8 Å². The molecule has 2 N–H and O–H groups in total. The van der Waals surface area contributed by atoms with Gasteiger partial charge in [-0.05, 0) is 24.8 Å². The fourth-order valence-corrected chi connectivity index (χ4v) is 1.20. The van der Waals surface area contributed by atoms with Crippen molar-refractivity contribution in [3.8, 4) is 0 Å². The Morgan fingerprint density at radius 2 is 1.61 bits per heavy atom. The van der Waals surface area contributed by atoms with Crippen molar-refractivity contribution >= 4 is 12.6 Å². The number of allylic oxidation sites excluding steroid dienone is 5. The van der Waals surface area contributed by atoms with Crippen LogP contribution in [0.1, 0.15) is 19.8 Å². The van der Waals surface area contributed by atoms with E-state index in [9.17, 15) is 4.79 Å². The fraction of sp³-hybridized carbons (Fsp3) is 0.333. The molecule has 0 saturated carbocycles. The molecule has 0 aliphatic heterocycles. The van der Waals surface area contributed by atoms with E-state index < -0.39 is 0 Å². The second kappa shape index (κ2) is 17.6. The third-order valence-electron chi connectivity index (χ3n) is 2.22. The van der Waals surface area contributed by atoms with Gasteiger partial charge in [-0.1, -0.05) is 51.0 Å². The minimum Gasteiger partial charge on any atom is -0.412 e. The molecular formula is C15H24O3. The highest BCUT2D eigenvalue weighted by Gasteiger charge is 2.15. The number of hydrogen-bond acceptors (Lipinski definition) is 2. The molecule has 1 rings (SSSR count). The number of rotatable bonds is 3. The second-order valence-corrected chi connectivity index (χ2v) is 3.51. The van der Waals surface area contributed by atoms with E-state index in [1.807, 2.05) is 0 Å². The molecule has 102 valence electrons. The third-order valence-corrected chi connectivity index (χ3v) is 2.22. The van der Waals surface area contributed by atoms with Gasteiger partial charge in [-0.15, -0.1) is 0 Å². The van der Waals surface area contributed by atoms with Gasteiger partial charge in [0, 0.05) is 5.92 Å². The Hall–Kier alpha value is -1.74. The van der Waals surface area contributed by atoms with E-state index in [4.69, 9.17) is 4.79 Å². The summed E-state index contributed by atoms with van der Waals surface area (Å²) < 4.78 is 0. The van der Waals surface area contributed by atoms with Gasteiger partial charge in [-0.2, -0.15) is 0 Å². The topological polar surface area (TPSA) is 65.6 Å². The molecule has 18 heavy (non-hydrogen) atoms. The molecule has 2 atom stereocenters. The van der Waals surface area contributed by atoms with Crippen LogP contribution < -0.4 is 0 Å². The quantitative estimate of drug-likeness (QED) is 0.335. The van der Waals surface area contributed by atoms with Crippen LogP contribution in [0.15, 0.2) is 50.1 Å². The largest absolute Gasteiger partial charge is 0.412 e. The lowest BCUT2D eigenvalue weighted by Crippen LogP contribution is -2.13. The summed E-state index contributed by atoms with van der Waals surface area (Å²) in [5, 5.41) is 0. The first-order valence-electron chi connectivity index (χ1n) is 5.59. The summed E-state index contributed by atoms with van der Waals surface area (Å²) in [4.78, 5) is 19.4. The van der Waals surface area contributed by atoms with Crippen LogP contribution in [0.25, 0.3) is 0 Å². The van der Waals surface area contributed by atoms with Crippen molar-refractivity contribution in [1.82, 2.24) is 0 Å². The lowest BCUT2D eigenvalue weighted by atomic mass is 9.87. The van der Waals surface area contributed by atoms with E-state index >= 15 is 0 Å². The molecule has 3 nitrogen and oxygen atoms in total. The summed E-state index contributed by atoms with van der Waals surface area (Å²) in [6.07, 6.45) is 12.6. The van der Waals surface area contributed by atoms with Gasteiger partial charge in [0.05, 0.1) is 0 Å². The van der Waals surface area contributed by atoms with Crippen LogP contribution in [0, 0.1) is 11.8 Å². The average molecular weight is 252 g/mol. The molecular weight excluding hydrogens is 228 g/mol. The predicted molar refractivity (Wildman–Crippen MR) is 77.4 cm³/mol. The van der Waals surface area contributed by atoms with E-state index in [1.54, 1.807) is 12.2 Å². The Balaban J connectivity index is -0.000000214. The summed E-state index contributed by atoms with van der Waals surface area (Å²) in [5.41, 5.74) is 0. The molecule has 0 aromatic rings. The minimum absolute atomic E-state index is 0. The molecule has 0 fully saturated rings. The molecule has 3 heteroatoms. The highest BCUT2D eigenvalue weighted by molar-refractivity contribution is 5.63. The molecule has 0 radical (unpaired) electrons. The zero-order chi connectivity index (χ0) is 13.5. The minimum atomic E-state index is 0. The first-order chi connectivity index (χ1) is 8.17. The zero-order valence-corrected chi connectivity index (χ0v) is 11.0. The maximum absolute atomic E-state index is 10.3. The molecule has 0 bridgehead atoms.